The molecule has 4 amide bonds. The molecule has 0 aliphatic carbocycles. The Morgan fingerprint density at radius 3 is 1.44 bits per heavy atom. The van der Waals surface area contributed by atoms with Crippen molar-refractivity contribution in [3.05, 3.63) is 132 Å². The topological polar surface area (TPSA) is 199 Å². The molecule has 0 spiro atoms. The fraction of sp³-hybridized carbons (Fsp3) is 0.381. The number of hydrogen-bond donors (Lipinski definition) is 5. The highest BCUT2D eigenvalue weighted by Gasteiger charge is 2.30. The maximum atomic E-state index is 13.4. The molecule has 57 heavy (non-hydrogen) atoms. The summed E-state index contributed by atoms with van der Waals surface area (Å²) in [6, 6.07) is 24.0. The highest BCUT2D eigenvalue weighted by Crippen LogP contribution is 2.16. The first-order chi connectivity index (χ1) is 27.4. The lowest BCUT2D eigenvalue weighted by atomic mass is 9.94. The fourth-order valence-electron chi connectivity index (χ4n) is 5.56. The van der Waals surface area contributed by atoms with Crippen LogP contribution in [0.1, 0.15) is 56.4 Å². The summed E-state index contributed by atoms with van der Waals surface area (Å²) in [4.78, 5) is 60.0. The van der Waals surface area contributed by atoms with Crippen molar-refractivity contribution in [2.45, 2.75) is 90.8 Å². The minimum absolute atomic E-state index is 0.0127. The summed E-state index contributed by atoms with van der Waals surface area (Å²) in [6.45, 7) is 7.02. The van der Waals surface area contributed by atoms with Crippen LogP contribution in [0.15, 0.2) is 110 Å². The SMILES string of the molecule is CC(C)C(NC(=O)OCc1cccnc1)OC(=O)N[C@@H](Cc1ccccc1)C[C@H](O)[C@H](Cc1ccccc1)NC(=O)OC(NC(=O)OCc1cccnc1)C(C)C. The van der Waals surface area contributed by atoms with Crippen molar-refractivity contribution in [2.75, 3.05) is 0 Å². The average Bonchev–Trinajstić information content (AvgIpc) is 3.20. The van der Waals surface area contributed by atoms with E-state index in [0.29, 0.717) is 17.5 Å². The van der Waals surface area contributed by atoms with Crippen molar-refractivity contribution in [1.82, 2.24) is 31.2 Å². The number of hydrogen-bond acceptors (Lipinski definition) is 11. The Kier molecular flexibility index (Phi) is 17.5. The number of aromatic nitrogens is 2. The number of nitrogens with one attached hydrogen (secondary N) is 4. The summed E-state index contributed by atoms with van der Waals surface area (Å²) >= 11 is 0. The molecule has 0 fully saturated rings. The van der Waals surface area contributed by atoms with Gasteiger partial charge >= 0.3 is 24.4 Å². The van der Waals surface area contributed by atoms with Crippen molar-refractivity contribution >= 4 is 24.4 Å². The third-order valence-corrected chi connectivity index (χ3v) is 8.62. The molecule has 0 bridgehead atoms. The van der Waals surface area contributed by atoms with Gasteiger partial charge in [-0.05, 0) is 42.5 Å². The standard InChI is InChI=1S/C42H52N6O9/c1-28(2)37(47-39(50)54-26-32-17-11-19-43-24-32)56-41(52)45-34(21-30-13-7-5-8-14-30)23-36(49)35(22-31-15-9-6-10-16-31)46-42(53)57-38(29(3)4)48-40(51)55-27-33-18-12-20-44-25-33/h5-20,24-25,28-29,34-38,49H,21-23,26-27H2,1-4H3,(H,45,52)(H,46,53)(H,47,50)(H,48,51)/t34-,35-,36-,37?,38?/m0/s1. The number of carbonyl (C=O) groups is 4. The molecule has 2 aromatic carbocycles. The summed E-state index contributed by atoms with van der Waals surface area (Å²) in [5, 5.41) is 22.5. The van der Waals surface area contributed by atoms with E-state index in [1.165, 1.54) is 0 Å². The molecule has 0 radical (unpaired) electrons. The van der Waals surface area contributed by atoms with Crippen molar-refractivity contribution < 1.29 is 43.2 Å². The summed E-state index contributed by atoms with van der Waals surface area (Å²) in [5.41, 5.74) is 3.08. The van der Waals surface area contributed by atoms with Crippen LogP contribution in [0.2, 0.25) is 0 Å². The van der Waals surface area contributed by atoms with E-state index >= 15 is 0 Å². The van der Waals surface area contributed by atoms with Gasteiger partial charge in [0.1, 0.15) is 13.2 Å². The third kappa shape index (κ3) is 16.2. The fourth-order valence-corrected chi connectivity index (χ4v) is 5.56. The molecule has 15 heteroatoms. The molecule has 0 aliphatic rings. The van der Waals surface area contributed by atoms with Gasteiger partial charge in [-0.2, -0.15) is 0 Å². The number of pyridine rings is 2. The van der Waals surface area contributed by atoms with E-state index in [2.05, 4.69) is 31.2 Å². The molecule has 304 valence electrons. The van der Waals surface area contributed by atoms with Crippen molar-refractivity contribution in [3.8, 4) is 0 Å². The second kappa shape index (κ2) is 23.0. The van der Waals surface area contributed by atoms with Gasteiger partial charge in [0.25, 0.3) is 0 Å². The zero-order valence-corrected chi connectivity index (χ0v) is 32.6. The highest BCUT2D eigenvalue weighted by atomic mass is 16.6. The van der Waals surface area contributed by atoms with Crippen molar-refractivity contribution in [2.24, 2.45) is 11.8 Å². The zero-order valence-electron chi connectivity index (χ0n) is 32.6. The van der Waals surface area contributed by atoms with Crippen molar-refractivity contribution in [3.63, 3.8) is 0 Å². The van der Waals surface area contributed by atoms with E-state index in [9.17, 15) is 24.3 Å². The molecule has 5 atom stereocenters. The summed E-state index contributed by atoms with van der Waals surface area (Å²) < 4.78 is 21.9. The van der Waals surface area contributed by atoms with E-state index in [-0.39, 0.29) is 37.9 Å². The summed E-state index contributed by atoms with van der Waals surface area (Å²) in [6.07, 6.45) is 0.301. The number of amides is 4. The van der Waals surface area contributed by atoms with Crippen molar-refractivity contribution in [1.29, 1.82) is 0 Å². The zero-order chi connectivity index (χ0) is 41.0. The average molecular weight is 785 g/mol. The summed E-state index contributed by atoms with van der Waals surface area (Å²) in [5.74, 6) is -0.658. The molecule has 2 aromatic heterocycles. The molecule has 0 saturated carbocycles. The number of rotatable bonds is 19. The Morgan fingerprint density at radius 1 is 0.561 bits per heavy atom. The van der Waals surface area contributed by atoms with Gasteiger partial charge in [0, 0.05) is 53.8 Å². The van der Waals surface area contributed by atoms with Crippen LogP contribution >= 0.6 is 0 Å². The van der Waals surface area contributed by atoms with Gasteiger partial charge in [0.05, 0.1) is 12.1 Å². The highest BCUT2D eigenvalue weighted by molar-refractivity contribution is 5.71. The summed E-state index contributed by atoms with van der Waals surface area (Å²) in [7, 11) is 0. The van der Waals surface area contributed by atoms with Gasteiger partial charge < -0.3 is 34.7 Å². The lowest BCUT2D eigenvalue weighted by Gasteiger charge is -2.30. The Hall–Kier alpha value is -6.22. The Morgan fingerprint density at radius 2 is 1.00 bits per heavy atom. The van der Waals surface area contributed by atoms with Gasteiger partial charge in [0.2, 0.25) is 0 Å². The molecule has 0 saturated heterocycles. The van der Waals surface area contributed by atoms with Gasteiger partial charge in [-0.3, -0.25) is 20.6 Å². The monoisotopic (exact) mass is 784 g/mol. The second-order valence-corrected chi connectivity index (χ2v) is 14.1. The number of ether oxygens (including phenoxy) is 4. The normalized spacial score (nSPS) is 13.6. The van der Waals surface area contributed by atoms with Crippen LogP contribution in [0.4, 0.5) is 19.2 Å². The largest absolute Gasteiger partial charge is 0.445 e. The first kappa shape index (κ1) is 43.5. The molecule has 2 unspecified atom stereocenters. The quantitative estimate of drug-likeness (QED) is 0.0551. The van der Waals surface area contributed by atoms with Gasteiger partial charge in [-0.1, -0.05) is 100 Å². The number of aliphatic hydroxyl groups excluding tert-OH is 1. The number of carbonyl (C=O) groups excluding carboxylic acids is 4. The second-order valence-electron chi connectivity index (χ2n) is 14.1. The Labute approximate surface area is 332 Å². The minimum Gasteiger partial charge on any atom is -0.445 e. The molecule has 2 heterocycles. The number of nitrogens with zero attached hydrogens (tertiary/aromatic N) is 2. The molecule has 0 aliphatic heterocycles. The predicted molar refractivity (Wildman–Crippen MR) is 210 cm³/mol. The number of benzene rings is 2. The number of alkyl carbamates (subject to hydrolysis) is 4. The molecule has 4 aromatic rings. The Balaban J connectivity index is 1.43. The van der Waals surface area contributed by atoms with E-state index in [0.717, 1.165) is 11.1 Å². The maximum Gasteiger partial charge on any atom is 0.410 e. The smallest absolute Gasteiger partial charge is 0.410 e. The third-order valence-electron chi connectivity index (χ3n) is 8.62. The first-order valence-corrected chi connectivity index (χ1v) is 18.8. The molecule has 15 nitrogen and oxygen atoms in total. The predicted octanol–water partition coefficient (Wildman–Crippen LogP) is 6.02. The van der Waals surface area contributed by atoms with Crippen LogP contribution < -0.4 is 21.3 Å². The van der Waals surface area contributed by atoms with Gasteiger partial charge in [-0.15, -0.1) is 0 Å². The number of aliphatic hydroxyl groups is 1. The van der Waals surface area contributed by atoms with Gasteiger partial charge in [-0.25, -0.2) is 19.2 Å². The van der Waals surface area contributed by atoms with Crippen LogP contribution in [0.3, 0.4) is 0 Å². The lowest BCUT2D eigenvalue weighted by Crippen LogP contribution is -2.51. The van der Waals surface area contributed by atoms with Crippen LogP contribution in [-0.4, -0.2) is 70.1 Å². The van der Waals surface area contributed by atoms with Crippen LogP contribution in [-0.2, 0) is 45.0 Å². The van der Waals surface area contributed by atoms with Crippen LogP contribution in [0, 0.1) is 11.8 Å². The van der Waals surface area contributed by atoms with E-state index in [1.807, 2.05) is 60.7 Å². The first-order valence-electron chi connectivity index (χ1n) is 18.8. The van der Waals surface area contributed by atoms with E-state index < -0.39 is 55.0 Å². The maximum absolute atomic E-state index is 13.4. The van der Waals surface area contributed by atoms with E-state index in [1.54, 1.807) is 76.7 Å². The minimum atomic E-state index is -1.21. The lowest BCUT2D eigenvalue weighted by molar-refractivity contribution is 0.0308. The van der Waals surface area contributed by atoms with Crippen LogP contribution in [0.5, 0.6) is 0 Å². The van der Waals surface area contributed by atoms with Gasteiger partial charge in [0.15, 0.2) is 12.5 Å². The van der Waals surface area contributed by atoms with Crippen LogP contribution in [0.25, 0.3) is 0 Å². The molecule has 5 N–H and O–H groups in total. The van der Waals surface area contributed by atoms with E-state index in [4.69, 9.17) is 18.9 Å². The molecule has 4 rings (SSSR count). The molecular weight excluding hydrogens is 732 g/mol. The molecular formula is C42H52N6O9. The Bertz CT molecular complexity index is 1800.